The van der Waals surface area contributed by atoms with Crippen molar-refractivity contribution in [1.82, 2.24) is 9.80 Å². The number of nitrogens with zero attached hydrogens (tertiary/aromatic N) is 2. The number of rotatable bonds is 12. The van der Waals surface area contributed by atoms with Crippen molar-refractivity contribution in [2.75, 3.05) is 78.9 Å². The Kier molecular flexibility index (Phi) is 49.6. The van der Waals surface area contributed by atoms with Crippen LogP contribution in [0, 0.1) is 0 Å². The van der Waals surface area contributed by atoms with E-state index in [9.17, 15) is 30.6 Å². The van der Waals surface area contributed by atoms with Crippen LogP contribution in [0.15, 0.2) is 0 Å². The summed E-state index contributed by atoms with van der Waals surface area (Å²) in [5, 5.41) is 60.3. The first-order valence-electron chi connectivity index (χ1n) is 6.63. The molecule has 0 aliphatic rings. The predicted molar refractivity (Wildman–Crippen MR) is 79.3 cm³/mol. The monoisotopic (exact) mass is 364 g/mol. The first-order chi connectivity index (χ1) is 9.69. The Morgan fingerprint density at radius 3 is 0.565 bits per heavy atom. The van der Waals surface area contributed by atoms with Crippen LogP contribution in [0.2, 0.25) is 0 Å². The first kappa shape index (κ1) is 36.0. The van der Waals surface area contributed by atoms with Crippen LogP contribution in [0.3, 0.4) is 0 Å². The molecule has 0 rings (SSSR count). The van der Waals surface area contributed by atoms with Gasteiger partial charge in [-0.15, -0.1) is 39.6 Å². The minimum Gasteiger partial charge on any atom is -0.854 e. The van der Waals surface area contributed by atoms with Crippen molar-refractivity contribution >= 4 is 69.2 Å². The molecule has 0 saturated carbocycles. The smallest absolute Gasteiger partial charge is 0.854 e. The number of hydrogen-bond acceptors (Lipinski definition) is 8. The van der Waals surface area contributed by atoms with E-state index in [1.165, 1.54) is 0 Å². The van der Waals surface area contributed by atoms with Crippen LogP contribution in [-0.4, -0.2) is 158 Å². The van der Waals surface area contributed by atoms with E-state index in [0.29, 0.717) is 39.3 Å². The minimum atomic E-state index is -0.236. The minimum absolute atomic E-state index is 0. The third-order valence-corrected chi connectivity index (χ3v) is 2.45. The fourth-order valence-electron chi connectivity index (χ4n) is 1.45. The fourth-order valence-corrected chi connectivity index (χ4v) is 1.45. The van der Waals surface area contributed by atoms with Crippen molar-refractivity contribution in [2.24, 2.45) is 0 Å². The van der Waals surface area contributed by atoms with Gasteiger partial charge in [0.15, 0.2) is 0 Å². The van der Waals surface area contributed by atoms with Crippen molar-refractivity contribution < 1.29 is 30.6 Å². The summed E-state index contributed by atoms with van der Waals surface area (Å²) in [5.74, 6) is 0. The van der Waals surface area contributed by atoms with Gasteiger partial charge in [0.25, 0.3) is 0 Å². The Morgan fingerprint density at radius 2 is 0.478 bits per heavy atom. The zero-order chi connectivity index (χ0) is 15.6. The van der Waals surface area contributed by atoms with Gasteiger partial charge in [-0.05, 0) is 39.3 Å². The summed E-state index contributed by atoms with van der Waals surface area (Å²) in [7, 11) is 0. The molecule has 0 fully saturated rings. The van der Waals surface area contributed by atoms with Crippen molar-refractivity contribution in [3.63, 3.8) is 0 Å². The van der Waals surface area contributed by atoms with E-state index in [-0.39, 0.29) is 109 Å². The summed E-state index contributed by atoms with van der Waals surface area (Å²) in [6, 6.07) is 0. The zero-order valence-corrected chi connectivity index (χ0v) is 18.2. The topological polar surface area (TPSA) is 145 Å². The Hall–Kier alpha value is 1.98. The molecule has 124 valence electrons. The quantitative estimate of drug-likeness (QED) is 0.310. The van der Waals surface area contributed by atoms with E-state index in [1.807, 2.05) is 0 Å². The van der Waals surface area contributed by atoms with Gasteiger partial charge in [0, 0.05) is 0 Å². The fraction of sp³-hybridized carbons (Fsp3) is 1.00. The summed E-state index contributed by atoms with van der Waals surface area (Å²) in [6.45, 7) is 0.527. The van der Waals surface area contributed by atoms with Crippen LogP contribution in [0.5, 0.6) is 0 Å². The molecule has 0 bridgehead atoms. The molecule has 0 aromatic rings. The molecule has 0 heterocycles. The van der Waals surface area contributed by atoms with Gasteiger partial charge < -0.3 is 40.4 Å². The molecule has 0 unspecified atom stereocenters. The molecule has 0 aromatic heterocycles. The average Bonchev–Trinajstić information content (AvgIpc) is 2.41. The van der Waals surface area contributed by atoms with Crippen molar-refractivity contribution in [1.29, 1.82) is 0 Å². The normalized spacial score (nSPS) is 9.39. The summed E-state index contributed by atoms with van der Waals surface area (Å²) >= 11 is 0. The van der Waals surface area contributed by atoms with E-state index in [1.54, 1.807) is 9.80 Å². The van der Waals surface area contributed by atoms with Gasteiger partial charge in [-0.3, -0.25) is 0 Å². The maximum Gasteiger partial charge on any atom is 2.00 e. The molecule has 11 heteroatoms. The third kappa shape index (κ3) is 29.0. The van der Waals surface area contributed by atoms with Crippen LogP contribution in [0.25, 0.3) is 0 Å². The Labute approximate surface area is 187 Å². The van der Waals surface area contributed by atoms with Crippen LogP contribution in [0.1, 0.15) is 0 Å². The molecule has 0 N–H and O–H groups in total. The van der Waals surface area contributed by atoms with Gasteiger partial charge in [-0.25, -0.2) is 0 Å². The molecule has 0 amide bonds. The predicted octanol–water partition coefficient (Wildman–Crippen LogP) is -8.40. The van der Waals surface area contributed by atoms with Crippen LogP contribution >= 0.6 is 0 Å². The maximum atomic E-state index is 10.0. The molecule has 0 saturated heterocycles. The summed E-state index contributed by atoms with van der Waals surface area (Å²) in [5.41, 5.74) is 0. The summed E-state index contributed by atoms with van der Waals surface area (Å²) in [4.78, 5) is 3.21. The van der Waals surface area contributed by atoms with Gasteiger partial charge in [-0.1, -0.05) is 0 Å². The molecule has 0 atom stereocenters. The Bertz CT molecular complexity index is 142. The molecule has 0 aliphatic carbocycles. The van der Waals surface area contributed by atoms with Crippen LogP contribution in [0.4, 0.5) is 0 Å². The average molecular weight is 365 g/mol. The first-order valence-corrected chi connectivity index (χ1v) is 6.63. The van der Waals surface area contributed by atoms with Gasteiger partial charge in [0.05, 0.1) is 0 Å². The summed E-state index contributed by atoms with van der Waals surface area (Å²) < 4.78 is 0. The second kappa shape index (κ2) is 31.7. The van der Waals surface area contributed by atoms with Gasteiger partial charge >= 0.3 is 69.2 Å². The van der Waals surface area contributed by atoms with Crippen molar-refractivity contribution in [3.8, 4) is 0 Å². The molecule has 0 aliphatic heterocycles. The molecular weight excluding hydrogens is 341 g/mol. The number of hydrogen-bond donors (Lipinski definition) is 0. The zero-order valence-electron chi connectivity index (χ0n) is 14.0. The van der Waals surface area contributed by atoms with Crippen molar-refractivity contribution in [2.45, 2.75) is 0 Å². The van der Waals surface area contributed by atoms with Crippen molar-refractivity contribution in [3.05, 3.63) is 0 Å². The van der Waals surface area contributed by atoms with E-state index in [2.05, 4.69) is 0 Å². The Morgan fingerprint density at radius 1 is 0.348 bits per heavy atom. The second-order valence-electron chi connectivity index (χ2n) is 3.91. The molecule has 0 radical (unpaired) electrons. The van der Waals surface area contributed by atoms with Crippen LogP contribution in [-0.2, 0) is 0 Å². The largest absolute Gasteiger partial charge is 2.00 e. The van der Waals surface area contributed by atoms with Crippen LogP contribution < -0.4 is 30.6 Å². The van der Waals surface area contributed by atoms with E-state index in [0.717, 1.165) is 0 Å². The third-order valence-electron chi connectivity index (χ3n) is 2.45. The molecule has 8 nitrogen and oxygen atoms in total. The standard InChI is InChI=1S/2C6H12NO3.3Mg/c2*8-4-1-7(2-5-9)3-6-10;;;/h2*1-6H2;;;/q2*-3;3*+2. The van der Waals surface area contributed by atoms with E-state index < -0.39 is 0 Å². The Balaban J connectivity index is -0.0000000831. The second-order valence-corrected chi connectivity index (χ2v) is 3.91. The van der Waals surface area contributed by atoms with Gasteiger partial charge in [0.1, 0.15) is 0 Å². The molecule has 23 heavy (non-hydrogen) atoms. The molecule has 0 spiro atoms. The van der Waals surface area contributed by atoms with Gasteiger partial charge in [-0.2, -0.15) is 0 Å². The summed E-state index contributed by atoms with van der Waals surface area (Å²) in [6.07, 6.45) is 0. The van der Waals surface area contributed by atoms with Gasteiger partial charge in [0.2, 0.25) is 0 Å². The van der Waals surface area contributed by atoms with E-state index >= 15 is 0 Å². The maximum absolute atomic E-state index is 10.0. The molecular formula is C12H24Mg3N2O6. The SMILES string of the molecule is [Mg+2].[Mg+2].[Mg+2].[O-]CCN(CC[O-])CC[O-].[O-]CCN(CC[O-])CC[O-]. The van der Waals surface area contributed by atoms with E-state index in [4.69, 9.17) is 0 Å². The molecule has 0 aromatic carbocycles.